The van der Waals surface area contributed by atoms with Crippen molar-refractivity contribution in [3.63, 3.8) is 0 Å². The molecule has 1 aromatic rings. The van der Waals surface area contributed by atoms with Crippen molar-refractivity contribution in [2.75, 3.05) is 6.54 Å². The second-order valence-corrected chi connectivity index (χ2v) is 3.24. The largest absolute Gasteiger partial charge is 0.508 e. The molecule has 0 aliphatic carbocycles. The first-order valence-corrected chi connectivity index (χ1v) is 4.47. The molecule has 16 heavy (non-hydrogen) atoms. The summed E-state index contributed by atoms with van der Waals surface area (Å²) in [6.07, 6.45) is 0. The molecule has 0 spiro atoms. The van der Waals surface area contributed by atoms with E-state index in [0.717, 1.165) is 0 Å². The summed E-state index contributed by atoms with van der Waals surface area (Å²) < 4.78 is 0. The zero-order valence-corrected chi connectivity index (χ0v) is 11.9. The molecule has 0 heterocycles. The van der Waals surface area contributed by atoms with Crippen molar-refractivity contribution in [1.82, 2.24) is 5.32 Å². The maximum Gasteiger partial charge on any atom is 0.317 e. The van der Waals surface area contributed by atoms with Crippen LogP contribution in [-0.2, 0) is 24.3 Å². The number of carboxylic acid groups (broad SMARTS) is 1. The van der Waals surface area contributed by atoms with Crippen molar-refractivity contribution in [2.45, 2.75) is 13.0 Å². The molecule has 1 aromatic carbocycles. The van der Waals surface area contributed by atoms with Crippen molar-refractivity contribution < 1.29 is 39.6 Å². The Morgan fingerprint density at radius 2 is 2.06 bits per heavy atom. The Morgan fingerprint density at radius 3 is 2.56 bits per heavy atom. The number of aliphatic carboxylic acids is 1. The van der Waals surface area contributed by atoms with Gasteiger partial charge >= 0.3 is 5.97 Å². The molecule has 84 valence electrons. The molecule has 1 rings (SSSR count). The van der Waals surface area contributed by atoms with Crippen LogP contribution in [0.5, 0.6) is 11.5 Å². The zero-order chi connectivity index (χ0) is 11.4. The van der Waals surface area contributed by atoms with Crippen LogP contribution in [0, 0.1) is 0 Å². The number of aromatic hydroxyl groups is 2. The zero-order valence-electron chi connectivity index (χ0n) is 8.97. The summed E-state index contributed by atoms with van der Waals surface area (Å²) in [4.78, 5) is 10.3. The molecular formula is C10H13NO4Zn. The minimum atomic E-state index is -0.958. The Labute approximate surface area is 106 Å². The topological polar surface area (TPSA) is 89.8 Å². The summed E-state index contributed by atoms with van der Waals surface area (Å²) in [6.45, 7) is 1.55. The van der Waals surface area contributed by atoms with Crippen LogP contribution < -0.4 is 5.32 Å². The van der Waals surface area contributed by atoms with Crippen molar-refractivity contribution in [3.05, 3.63) is 23.8 Å². The molecular weight excluding hydrogens is 264 g/mol. The van der Waals surface area contributed by atoms with E-state index < -0.39 is 5.97 Å². The predicted molar refractivity (Wildman–Crippen MR) is 53.8 cm³/mol. The molecule has 0 saturated carbocycles. The molecule has 1 atom stereocenters. The number of carbonyl (C=O) groups is 1. The third kappa shape index (κ3) is 4.17. The Balaban J connectivity index is 0.00000225. The molecule has 1 unspecified atom stereocenters. The second kappa shape index (κ2) is 6.45. The first-order chi connectivity index (χ1) is 7.00. The SMILES string of the molecule is CC(NCC(=O)O)c1ccc(O)cc1O.[Zn]. The smallest absolute Gasteiger partial charge is 0.317 e. The number of carboxylic acids is 1. The van der Waals surface area contributed by atoms with Gasteiger partial charge in [0.25, 0.3) is 0 Å². The van der Waals surface area contributed by atoms with Gasteiger partial charge in [-0.25, -0.2) is 0 Å². The minimum absolute atomic E-state index is 0. The van der Waals surface area contributed by atoms with Gasteiger partial charge in [0.1, 0.15) is 11.5 Å². The fourth-order valence-corrected chi connectivity index (χ4v) is 1.25. The number of hydrogen-bond acceptors (Lipinski definition) is 4. The standard InChI is InChI=1S/C10H13NO4.Zn/c1-6(11-5-10(14)15)8-3-2-7(12)4-9(8)13;/h2-4,6,11-13H,5H2,1H3,(H,14,15);. The van der Waals surface area contributed by atoms with Crippen LogP contribution >= 0.6 is 0 Å². The molecule has 0 bridgehead atoms. The van der Waals surface area contributed by atoms with E-state index in [2.05, 4.69) is 5.32 Å². The van der Waals surface area contributed by atoms with E-state index in [1.54, 1.807) is 13.0 Å². The van der Waals surface area contributed by atoms with Crippen LogP contribution in [0.1, 0.15) is 18.5 Å². The molecule has 6 heteroatoms. The molecule has 0 aliphatic rings. The van der Waals surface area contributed by atoms with Gasteiger partial charge in [-0.1, -0.05) is 6.07 Å². The first-order valence-electron chi connectivity index (χ1n) is 4.47. The number of phenolic OH excluding ortho intramolecular Hbond substituents is 2. The maximum absolute atomic E-state index is 10.3. The Morgan fingerprint density at radius 1 is 1.44 bits per heavy atom. The number of rotatable bonds is 4. The molecule has 0 fully saturated rings. The third-order valence-electron chi connectivity index (χ3n) is 2.04. The quantitative estimate of drug-likeness (QED) is 0.612. The number of hydrogen-bond donors (Lipinski definition) is 4. The van der Waals surface area contributed by atoms with Crippen molar-refractivity contribution in [3.8, 4) is 11.5 Å². The third-order valence-corrected chi connectivity index (χ3v) is 2.04. The van der Waals surface area contributed by atoms with Gasteiger partial charge in [-0.15, -0.1) is 0 Å². The Hall–Kier alpha value is -1.13. The van der Waals surface area contributed by atoms with Gasteiger partial charge in [0, 0.05) is 37.1 Å². The summed E-state index contributed by atoms with van der Waals surface area (Å²) in [5.74, 6) is -1.04. The van der Waals surface area contributed by atoms with E-state index >= 15 is 0 Å². The minimum Gasteiger partial charge on any atom is -0.508 e. The maximum atomic E-state index is 10.3. The van der Waals surface area contributed by atoms with Crippen molar-refractivity contribution >= 4 is 5.97 Å². The normalized spacial score (nSPS) is 11.6. The van der Waals surface area contributed by atoms with Gasteiger partial charge in [-0.2, -0.15) is 0 Å². The summed E-state index contributed by atoms with van der Waals surface area (Å²) in [5.41, 5.74) is 0.550. The molecule has 4 N–H and O–H groups in total. The molecule has 5 nitrogen and oxygen atoms in total. The summed E-state index contributed by atoms with van der Waals surface area (Å²) in [5, 5.41) is 29.7. The van der Waals surface area contributed by atoms with Gasteiger partial charge in [0.2, 0.25) is 0 Å². The van der Waals surface area contributed by atoms with Crippen LogP contribution in [0.3, 0.4) is 0 Å². The van der Waals surface area contributed by atoms with E-state index in [1.807, 2.05) is 0 Å². The summed E-state index contributed by atoms with van der Waals surface area (Å²) in [7, 11) is 0. The Kier molecular flexibility index (Phi) is 6.00. The van der Waals surface area contributed by atoms with Gasteiger partial charge in [-0.05, 0) is 13.0 Å². The van der Waals surface area contributed by atoms with Gasteiger partial charge in [0.15, 0.2) is 0 Å². The molecule has 0 aromatic heterocycles. The van der Waals surface area contributed by atoms with Gasteiger partial charge in [-0.3, -0.25) is 4.79 Å². The Bertz CT molecular complexity index is 370. The van der Waals surface area contributed by atoms with Crippen LogP contribution in [0.4, 0.5) is 0 Å². The first kappa shape index (κ1) is 14.9. The van der Waals surface area contributed by atoms with Crippen LogP contribution in [0.15, 0.2) is 18.2 Å². The van der Waals surface area contributed by atoms with E-state index in [4.69, 9.17) is 10.2 Å². The average molecular weight is 277 g/mol. The van der Waals surface area contributed by atoms with Crippen LogP contribution in [0.25, 0.3) is 0 Å². The summed E-state index contributed by atoms with van der Waals surface area (Å²) in [6, 6.07) is 3.91. The molecule has 0 aliphatic heterocycles. The van der Waals surface area contributed by atoms with E-state index in [0.29, 0.717) is 5.56 Å². The molecule has 0 amide bonds. The molecule has 0 saturated heterocycles. The fourth-order valence-electron chi connectivity index (χ4n) is 1.25. The summed E-state index contributed by atoms with van der Waals surface area (Å²) >= 11 is 0. The van der Waals surface area contributed by atoms with E-state index in [1.165, 1.54) is 12.1 Å². The van der Waals surface area contributed by atoms with Crippen molar-refractivity contribution in [1.29, 1.82) is 0 Å². The fraction of sp³-hybridized carbons (Fsp3) is 0.300. The number of benzene rings is 1. The molecule has 0 radical (unpaired) electrons. The van der Waals surface area contributed by atoms with Crippen LogP contribution in [0.2, 0.25) is 0 Å². The van der Waals surface area contributed by atoms with Crippen molar-refractivity contribution in [2.24, 2.45) is 0 Å². The second-order valence-electron chi connectivity index (χ2n) is 3.24. The number of nitrogens with one attached hydrogen (secondary N) is 1. The van der Waals surface area contributed by atoms with E-state index in [9.17, 15) is 9.90 Å². The average Bonchev–Trinajstić information content (AvgIpc) is 2.14. The van der Waals surface area contributed by atoms with Crippen LogP contribution in [-0.4, -0.2) is 27.8 Å². The van der Waals surface area contributed by atoms with Gasteiger partial charge in [0.05, 0.1) is 6.54 Å². The van der Waals surface area contributed by atoms with Gasteiger partial charge < -0.3 is 20.6 Å². The van der Waals surface area contributed by atoms with E-state index in [-0.39, 0.29) is 43.6 Å². The monoisotopic (exact) mass is 275 g/mol. The number of phenols is 2. The predicted octanol–water partition coefficient (Wildman–Crippen LogP) is 0.831.